The molecule has 0 aliphatic carbocycles. The van der Waals surface area contributed by atoms with Crippen molar-refractivity contribution in [2.45, 2.75) is 26.3 Å². The van der Waals surface area contributed by atoms with Gasteiger partial charge in [-0.25, -0.2) is 12.8 Å². The molecule has 1 aromatic carbocycles. The number of hydrogen-bond donors (Lipinski definition) is 0. The van der Waals surface area contributed by atoms with E-state index in [9.17, 15) is 17.6 Å². The van der Waals surface area contributed by atoms with Crippen molar-refractivity contribution in [2.75, 3.05) is 18.1 Å². The third-order valence-corrected chi connectivity index (χ3v) is 6.22. The molecule has 1 unspecified atom stereocenters. The van der Waals surface area contributed by atoms with E-state index in [0.717, 1.165) is 4.47 Å². The standard InChI is InChI=1S/C15H19BrFNO3S/c1-2-18(9-12-8-13(16)3-4-14(12)17)15(19)7-11-5-6-22(20,21)10-11/h3-4,8,11H,2,5-7,9-10H2,1H3. The van der Waals surface area contributed by atoms with Gasteiger partial charge in [-0.1, -0.05) is 15.9 Å². The number of halogens is 2. The molecule has 1 saturated heterocycles. The molecule has 22 heavy (non-hydrogen) atoms. The number of carbonyl (C=O) groups is 1. The third kappa shape index (κ3) is 4.52. The van der Waals surface area contributed by atoms with Crippen LogP contribution in [0.25, 0.3) is 0 Å². The van der Waals surface area contributed by atoms with Gasteiger partial charge in [-0.2, -0.15) is 0 Å². The van der Waals surface area contributed by atoms with Gasteiger partial charge < -0.3 is 4.90 Å². The first-order valence-corrected chi connectivity index (χ1v) is 9.84. The van der Waals surface area contributed by atoms with Crippen LogP contribution in [0.4, 0.5) is 4.39 Å². The van der Waals surface area contributed by atoms with Crippen LogP contribution in [0, 0.1) is 11.7 Å². The van der Waals surface area contributed by atoms with Gasteiger partial charge in [0.15, 0.2) is 9.84 Å². The van der Waals surface area contributed by atoms with Crippen molar-refractivity contribution >= 4 is 31.7 Å². The van der Waals surface area contributed by atoms with Crippen LogP contribution in [0.5, 0.6) is 0 Å². The molecule has 7 heteroatoms. The number of rotatable bonds is 5. The van der Waals surface area contributed by atoms with E-state index in [1.807, 2.05) is 6.92 Å². The maximum absolute atomic E-state index is 13.8. The Morgan fingerprint density at radius 1 is 1.45 bits per heavy atom. The lowest BCUT2D eigenvalue weighted by atomic mass is 10.0. The molecule has 1 heterocycles. The smallest absolute Gasteiger partial charge is 0.223 e. The average molecular weight is 392 g/mol. The summed E-state index contributed by atoms with van der Waals surface area (Å²) in [4.78, 5) is 13.9. The quantitative estimate of drug-likeness (QED) is 0.775. The van der Waals surface area contributed by atoms with Crippen molar-refractivity contribution in [2.24, 2.45) is 5.92 Å². The van der Waals surface area contributed by atoms with E-state index in [1.54, 1.807) is 17.0 Å². The summed E-state index contributed by atoms with van der Waals surface area (Å²) in [5.74, 6) is -0.334. The molecule has 2 rings (SSSR count). The number of carbonyl (C=O) groups excluding carboxylic acids is 1. The van der Waals surface area contributed by atoms with Crippen LogP contribution in [-0.4, -0.2) is 37.3 Å². The van der Waals surface area contributed by atoms with E-state index in [4.69, 9.17) is 0 Å². The van der Waals surface area contributed by atoms with E-state index >= 15 is 0 Å². The highest BCUT2D eigenvalue weighted by molar-refractivity contribution is 9.10. The van der Waals surface area contributed by atoms with Crippen molar-refractivity contribution in [3.8, 4) is 0 Å². The van der Waals surface area contributed by atoms with E-state index < -0.39 is 9.84 Å². The maximum Gasteiger partial charge on any atom is 0.223 e. The van der Waals surface area contributed by atoms with Crippen LogP contribution >= 0.6 is 15.9 Å². The molecular weight excluding hydrogens is 373 g/mol. The number of benzene rings is 1. The lowest BCUT2D eigenvalue weighted by Crippen LogP contribution is -2.32. The zero-order valence-electron chi connectivity index (χ0n) is 12.4. The molecule has 122 valence electrons. The SMILES string of the molecule is CCN(Cc1cc(Br)ccc1F)C(=O)CC1CCS(=O)(=O)C1. The van der Waals surface area contributed by atoms with Gasteiger partial charge in [0.2, 0.25) is 5.91 Å². The minimum Gasteiger partial charge on any atom is -0.339 e. The zero-order valence-corrected chi connectivity index (χ0v) is 14.8. The van der Waals surface area contributed by atoms with E-state index in [1.165, 1.54) is 6.07 Å². The fourth-order valence-electron chi connectivity index (χ4n) is 2.66. The largest absolute Gasteiger partial charge is 0.339 e. The Morgan fingerprint density at radius 2 is 2.18 bits per heavy atom. The fourth-order valence-corrected chi connectivity index (χ4v) is 4.93. The molecular formula is C15H19BrFNO3S. The second-order valence-corrected chi connectivity index (χ2v) is 8.76. The first kappa shape index (κ1) is 17.4. The predicted molar refractivity (Wildman–Crippen MR) is 86.6 cm³/mol. The highest BCUT2D eigenvalue weighted by atomic mass is 79.9. The number of hydrogen-bond acceptors (Lipinski definition) is 3. The monoisotopic (exact) mass is 391 g/mol. The Labute approximate surface area is 138 Å². The van der Waals surface area contributed by atoms with Crippen LogP contribution in [0.3, 0.4) is 0 Å². The minimum absolute atomic E-state index is 0.0849. The zero-order chi connectivity index (χ0) is 16.3. The molecule has 1 aliphatic heterocycles. The first-order valence-electron chi connectivity index (χ1n) is 7.23. The highest BCUT2D eigenvalue weighted by Crippen LogP contribution is 2.23. The Morgan fingerprint density at radius 3 is 2.77 bits per heavy atom. The molecule has 0 saturated carbocycles. The molecule has 4 nitrogen and oxygen atoms in total. The van der Waals surface area contributed by atoms with E-state index in [2.05, 4.69) is 15.9 Å². The van der Waals surface area contributed by atoms with Gasteiger partial charge in [0.25, 0.3) is 0 Å². The van der Waals surface area contributed by atoms with E-state index in [-0.39, 0.29) is 42.1 Å². The normalized spacial score (nSPS) is 20.0. The summed E-state index contributed by atoms with van der Waals surface area (Å²) in [5, 5.41) is 0. The molecule has 0 bridgehead atoms. The van der Waals surface area contributed by atoms with Crippen LogP contribution in [0.2, 0.25) is 0 Å². The summed E-state index contributed by atoms with van der Waals surface area (Å²) < 4.78 is 37.5. The van der Waals surface area contributed by atoms with Crippen molar-refractivity contribution in [3.63, 3.8) is 0 Å². The second kappa shape index (κ2) is 7.08. The Balaban J connectivity index is 2.02. The summed E-state index contributed by atoms with van der Waals surface area (Å²) >= 11 is 3.29. The lowest BCUT2D eigenvalue weighted by Gasteiger charge is -2.22. The molecule has 0 radical (unpaired) electrons. The van der Waals surface area contributed by atoms with Gasteiger partial charge in [-0.3, -0.25) is 4.79 Å². The Bertz CT molecular complexity index is 663. The minimum atomic E-state index is -2.98. The summed E-state index contributed by atoms with van der Waals surface area (Å²) in [6, 6.07) is 4.63. The molecule has 0 N–H and O–H groups in total. The van der Waals surface area contributed by atoms with Crippen molar-refractivity contribution < 1.29 is 17.6 Å². The van der Waals surface area contributed by atoms with Gasteiger partial charge in [0.1, 0.15) is 5.82 Å². The topological polar surface area (TPSA) is 54.5 Å². The highest BCUT2D eigenvalue weighted by Gasteiger charge is 2.30. The fraction of sp³-hybridized carbons (Fsp3) is 0.533. The predicted octanol–water partition coefficient (Wildman–Crippen LogP) is 2.76. The van der Waals surface area contributed by atoms with Crippen molar-refractivity contribution in [1.29, 1.82) is 0 Å². The number of sulfone groups is 1. The maximum atomic E-state index is 13.8. The number of amides is 1. The summed E-state index contributed by atoms with van der Waals surface area (Å²) in [6.07, 6.45) is 0.750. The number of nitrogens with zero attached hydrogens (tertiary/aromatic N) is 1. The molecule has 0 spiro atoms. The summed E-state index contributed by atoms with van der Waals surface area (Å²) in [6.45, 7) is 2.49. The molecule has 1 atom stereocenters. The Kier molecular flexibility index (Phi) is 5.60. The first-order chi connectivity index (χ1) is 10.3. The average Bonchev–Trinajstić information content (AvgIpc) is 2.78. The lowest BCUT2D eigenvalue weighted by molar-refractivity contribution is -0.132. The third-order valence-electron chi connectivity index (χ3n) is 3.89. The molecule has 1 amide bonds. The van der Waals surface area contributed by atoms with Gasteiger partial charge >= 0.3 is 0 Å². The van der Waals surface area contributed by atoms with Crippen molar-refractivity contribution in [1.82, 2.24) is 4.90 Å². The molecule has 1 aromatic rings. The molecule has 0 aromatic heterocycles. The van der Waals surface area contributed by atoms with Crippen molar-refractivity contribution in [3.05, 3.63) is 34.1 Å². The van der Waals surface area contributed by atoms with Crippen LogP contribution in [0.1, 0.15) is 25.3 Å². The summed E-state index contributed by atoms with van der Waals surface area (Å²) in [7, 11) is -2.98. The van der Waals surface area contributed by atoms with Gasteiger partial charge in [-0.15, -0.1) is 0 Å². The molecule has 1 fully saturated rings. The van der Waals surface area contributed by atoms with E-state index in [0.29, 0.717) is 18.5 Å². The van der Waals surface area contributed by atoms with Gasteiger partial charge in [0.05, 0.1) is 11.5 Å². The van der Waals surface area contributed by atoms with Crippen LogP contribution in [-0.2, 0) is 21.2 Å². The van der Waals surface area contributed by atoms with Gasteiger partial charge in [0, 0.05) is 29.5 Å². The summed E-state index contributed by atoms with van der Waals surface area (Å²) in [5.41, 5.74) is 0.448. The second-order valence-electron chi connectivity index (χ2n) is 5.62. The van der Waals surface area contributed by atoms with Crippen LogP contribution < -0.4 is 0 Å². The molecule has 1 aliphatic rings. The van der Waals surface area contributed by atoms with Crippen LogP contribution in [0.15, 0.2) is 22.7 Å². The van der Waals surface area contributed by atoms with Gasteiger partial charge in [-0.05, 0) is 37.5 Å². The Hall–Kier alpha value is -0.950.